The maximum Gasteiger partial charge on any atom is 0.234 e. The number of thioether (sulfide) groups is 1. The van der Waals surface area contributed by atoms with Crippen LogP contribution >= 0.6 is 11.8 Å². The Morgan fingerprint density at radius 3 is 2.78 bits per heavy atom. The van der Waals surface area contributed by atoms with E-state index >= 15 is 0 Å². The second kappa shape index (κ2) is 7.63. The van der Waals surface area contributed by atoms with E-state index in [2.05, 4.69) is 15.4 Å². The van der Waals surface area contributed by atoms with Crippen molar-refractivity contribution in [2.45, 2.75) is 11.9 Å². The average Bonchev–Trinajstić information content (AvgIpc) is 3.12. The second-order valence-corrected chi connectivity index (χ2v) is 7.13. The summed E-state index contributed by atoms with van der Waals surface area (Å²) in [5.41, 5.74) is 4.75. The van der Waals surface area contributed by atoms with Crippen molar-refractivity contribution in [2.75, 3.05) is 11.1 Å². The lowest BCUT2D eigenvalue weighted by Crippen LogP contribution is -2.14. The molecule has 1 N–H and O–H groups in total. The van der Waals surface area contributed by atoms with Crippen LogP contribution in [-0.4, -0.2) is 26.3 Å². The van der Waals surface area contributed by atoms with Crippen molar-refractivity contribution in [1.29, 1.82) is 0 Å². The Hall–Kier alpha value is -3.12. The molecule has 0 aliphatic carbocycles. The SMILES string of the molecule is Cc1cccc(NC(=O)CSc2nccn3nc(-c4ccccc4)cc23)c1. The highest BCUT2D eigenvalue weighted by Crippen LogP contribution is 2.26. The van der Waals surface area contributed by atoms with Crippen LogP contribution in [0.5, 0.6) is 0 Å². The maximum atomic E-state index is 12.3. The number of nitrogens with zero attached hydrogens (tertiary/aromatic N) is 3. The number of fused-ring (bicyclic) bond motifs is 1. The van der Waals surface area contributed by atoms with Crippen LogP contribution in [0.3, 0.4) is 0 Å². The minimum Gasteiger partial charge on any atom is -0.325 e. The van der Waals surface area contributed by atoms with Crippen molar-refractivity contribution in [3.63, 3.8) is 0 Å². The Kier molecular flexibility index (Phi) is 4.89. The van der Waals surface area contributed by atoms with Crippen LogP contribution in [0.4, 0.5) is 5.69 Å². The summed E-state index contributed by atoms with van der Waals surface area (Å²) in [5, 5.41) is 8.32. The molecule has 0 spiro atoms. The Bertz CT molecular complexity index is 1090. The Balaban J connectivity index is 1.50. The number of carbonyl (C=O) groups is 1. The first kappa shape index (κ1) is 17.3. The van der Waals surface area contributed by atoms with Gasteiger partial charge in [0.2, 0.25) is 5.91 Å². The maximum absolute atomic E-state index is 12.3. The summed E-state index contributed by atoms with van der Waals surface area (Å²) in [7, 11) is 0. The van der Waals surface area contributed by atoms with Crippen molar-refractivity contribution >= 4 is 28.9 Å². The lowest BCUT2D eigenvalue weighted by Gasteiger charge is -2.06. The molecule has 0 aliphatic heterocycles. The molecule has 5 nitrogen and oxygen atoms in total. The highest BCUT2D eigenvalue weighted by Gasteiger charge is 2.11. The molecule has 0 fully saturated rings. The molecule has 2 aromatic carbocycles. The number of hydrogen-bond donors (Lipinski definition) is 1. The van der Waals surface area contributed by atoms with E-state index in [0.29, 0.717) is 0 Å². The summed E-state index contributed by atoms with van der Waals surface area (Å²) < 4.78 is 1.80. The molecule has 134 valence electrons. The molecule has 6 heteroatoms. The van der Waals surface area contributed by atoms with Gasteiger partial charge in [0.1, 0.15) is 5.03 Å². The fraction of sp³-hybridized carbons (Fsp3) is 0.0952. The summed E-state index contributed by atoms with van der Waals surface area (Å²) in [6.45, 7) is 2.00. The second-order valence-electron chi connectivity index (χ2n) is 6.16. The Labute approximate surface area is 161 Å². The zero-order valence-corrected chi connectivity index (χ0v) is 15.6. The molecule has 0 aliphatic rings. The smallest absolute Gasteiger partial charge is 0.234 e. The van der Waals surface area contributed by atoms with Crippen LogP contribution in [0, 0.1) is 6.92 Å². The molecule has 0 atom stereocenters. The third-order valence-electron chi connectivity index (χ3n) is 4.07. The fourth-order valence-corrected chi connectivity index (χ4v) is 3.59. The van der Waals surface area contributed by atoms with Gasteiger partial charge < -0.3 is 5.32 Å². The predicted molar refractivity (Wildman–Crippen MR) is 109 cm³/mol. The summed E-state index contributed by atoms with van der Waals surface area (Å²) in [4.78, 5) is 16.7. The third-order valence-corrected chi connectivity index (χ3v) is 5.06. The van der Waals surface area contributed by atoms with E-state index in [4.69, 9.17) is 0 Å². The van der Waals surface area contributed by atoms with E-state index in [1.54, 1.807) is 10.7 Å². The Morgan fingerprint density at radius 1 is 1.11 bits per heavy atom. The van der Waals surface area contributed by atoms with E-state index in [9.17, 15) is 4.79 Å². The monoisotopic (exact) mass is 374 g/mol. The van der Waals surface area contributed by atoms with Crippen molar-refractivity contribution in [2.24, 2.45) is 0 Å². The minimum absolute atomic E-state index is 0.0581. The first-order chi connectivity index (χ1) is 13.2. The first-order valence-electron chi connectivity index (χ1n) is 8.58. The highest BCUT2D eigenvalue weighted by molar-refractivity contribution is 8.00. The van der Waals surface area contributed by atoms with E-state index in [1.807, 2.05) is 73.8 Å². The fourth-order valence-electron chi connectivity index (χ4n) is 2.81. The van der Waals surface area contributed by atoms with Crippen LogP contribution in [0.1, 0.15) is 5.56 Å². The molecule has 2 aromatic heterocycles. The van der Waals surface area contributed by atoms with Gasteiger partial charge in [-0.1, -0.05) is 54.2 Å². The summed E-state index contributed by atoms with van der Waals surface area (Å²) in [6.07, 6.45) is 3.52. The minimum atomic E-state index is -0.0581. The van der Waals surface area contributed by atoms with Crippen molar-refractivity contribution < 1.29 is 4.79 Å². The van der Waals surface area contributed by atoms with Gasteiger partial charge in [-0.25, -0.2) is 9.50 Å². The van der Waals surface area contributed by atoms with E-state index in [-0.39, 0.29) is 11.7 Å². The average molecular weight is 374 g/mol. The molecule has 0 unspecified atom stereocenters. The van der Waals surface area contributed by atoms with Crippen molar-refractivity contribution in [1.82, 2.24) is 14.6 Å². The molecular weight excluding hydrogens is 356 g/mol. The van der Waals surface area contributed by atoms with Gasteiger partial charge in [-0.2, -0.15) is 5.10 Å². The lowest BCUT2D eigenvalue weighted by molar-refractivity contribution is -0.113. The number of benzene rings is 2. The number of hydrogen-bond acceptors (Lipinski definition) is 4. The van der Waals surface area contributed by atoms with Gasteiger partial charge in [-0.05, 0) is 30.7 Å². The predicted octanol–water partition coefficient (Wildman–Crippen LogP) is 4.44. The molecule has 2 heterocycles. The molecule has 0 saturated heterocycles. The molecule has 0 radical (unpaired) electrons. The number of nitrogens with one attached hydrogen (secondary N) is 1. The lowest BCUT2D eigenvalue weighted by atomic mass is 10.1. The van der Waals surface area contributed by atoms with Crippen LogP contribution < -0.4 is 5.32 Å². The first-order valence-corrected chi connectivity index (χ1v) is 9.57. The van der Waals surface area contributed by atoms with Crippen LogP contribution in [0.2, 0.25) is 0 Å². The zero-order chi connectivity index (χ0) is 18.6. The molecule has 4 rings (SSSR count). The van der Waals surface area contributed by atoms with Crippen LogP contribution in [-0.2, 0) is 4.79 Å². The molecule has 0 saturated carbocycles. The summed E-state index contributed by atoms with van der Waals surface area (Å²) in [6, 6.07) is 19.8. The summed E-state index contributed by atoms with van der Waals surface area (Å²) in [5.74, 6) is 0.226. The molecule has 27 heavy (non-hydrogen) atoms. The van der Waals surface area contributed by atoms with E-state index in [1.165, 1.54) is 11.8 Å². The normalized spacial score (nSPS) is 10.9. The van der Waals surface area contributed by atoms with E-state index in [0.717, 1.165) is 33.1 Å². The third kappa shape index (κ3) is 4.01. The van der Waals surface area contributed by atoms with E-state index < -0.39 is 0 Å². The van der Waals surface area contributed by atoms with Gasteiger partial charge in [0, 0.05) is 23.6 Å². The molecule has 4 aromatic rings. The summed E-state index contributed by atoms with van der Waals surface area (Å²) >= 11 is 1.41. The number of carbonyl (C=O) groups excluding carboxylic acids is 1. The van der Waals surface area contributed by atoms with Gasteiger partial charge in [-0.3, -0.25) is 4.79 Å². The van der Waals surface area contributed by atoms with Gasteiger partial charge in [0.05, 0.1) is 17.0 Å². The van der Waals surface area contributed by atoms with Gasteiger partial charge in [-0.15, -0.1) is 0 Å². The number of anilines is 1. The standard InChI is InChI=1S/C21H18N4OS/c1-15-6-5-9-17(12-15)23-20(26)14-27-21-19-13-18(16-7-3-2-4-8-16)24-25(19)11-10-22-21/h2-13H,14H2,1H3,(H,23,26). The van der Waals surface area contributed by atoms with Gasteiger partial charge >= 0.3 is 0 Å². The molecule has 1 amide bonds. The molecular formula is C21H18N4OS. The van der Waals surface area contributed by atoms with Crippen molar-refractivity contribution in [3.05, 3.63) is 78.6 Å². The number of aromatic nitrogens is 3. The van der Waals surface area contributed by atoms with Gasteiger partial charge in [0.25, 0.3) is 0 Å². The molecule has 0 bridgehead atoms. The van der Waals surface area contributed by atoms with Crippen LogP contribution in [0.15, 0.2) is 78.1 Å². The topological polar surface area (TPSA) is 59.3 Å². The largest absolute Gasteiger partial charge is 0.325 e. The van der Waals surface area contributed by atoms with Crippen molar-refractivity contribution in [3.8, 4) is 11.3 Å². The Morgan fingerprint density at radius 2 is 1.96 bits per heavy atom. The number of rotatable bonds is 5. The number of aryl methyl sites for hydroxylation is 1. The highest BCUT2D eigenvalue weighted by atomic mass is 32.2. The van der Waals surface area contributed by atoms with Gasteiger partial charge in [0.15, 0.2) is 0 Å². The number of amides is 1. The van der Waals surface area contributed by atoms with Crippen LogP contribution in [0.25, 0.3) is 16.8 Å². The quantitative estimate of drug-likeness (QED) is 0.525. The zero-order valence-electron chi connectivity index (χ0n) is 14.8.